The minimum absolute atomic E-state index is 0.349. The average Bonchev–Trinajstić information content (AvgIpc) is 2.52. The third kappa shape index (κ3) is 4.54. The Bertz CT molecular complexity index is 756. The summed E-state index contributed by atoms with van der Waals surface area (Å²) in [6, 6.07) is 8.60. The Labute approximate surface area is 164 Å². The highest BCUT2D eigenvalue weighted by Crippen LogP contribution is 2.65. The van der Waals surface area contributed by atoms with Crippen LogP contribution < -0.4 is 0 Å². The van der Waals surface area contributed by atoms with Crippen LogP contribution in [0.15, 0.2) is 24.3 Å². The summed E-state index contributed by atoms with van der Waals surface area (Å²) in [6.07, 6.45) is 0. The van der Waals surface area contributed by atoms with E-state index in [9.17, 15) is 4.57 Å². The maximum Gasteiger partial charge on any atom is 0.342 e. The normalized spacial score (nSPS) is 12.0. The second kappa shape index (κ2) is 8.73. The lowest BCUT2D eigenvalue weighted by Gasteiger charge is -2.31. The standard InChI is InChI=1S/C23H33O3P/c1-9-25-27(24,26-10-2)23(21-17(5)11-15(3)12-18(21)6)22-19(7)13-16(4)14-20(22)8/h11-14,23H,9-10H2,1-8H3. The van der Waals surface area contributed by atoms with E-state index in [2.05, 4.69) is 65.8 Å². The zero-order valence-electron chi connectivity index (χ0n) is 18.0. The van der Waals surface area contributed by atoms with Gasteiger partial charge < -0.3 is 9.05 Å². The van der Waals surface area contributed by atoms with Crippen molar-refractivity contribution in [3.63, 3.8) is 0 Å². The molecule has 0 heterocycles. The molecule has 0 N–H and O–H groups in total. The monoisotopic (exact) mass is 388 g/mol. The predicted octanol–water partition coefficient (Wildman–Crippen LogP) is 6.89. The molecule has 3 nitrogen and oxygen atoms in total. The van der Waals surface area contributed by atoms with E-state index in [-0.39, 0.29) is 0 Å². The zero-order chi connectivity index (χ0) is 20.4. The van der Waals surface area contributed by atoms with Crippen molar-refractivity contribution in [3.8, 4) is 0 Å². The summed E-state index contributed by atoms with van der Waals surface area (Å²) in [4.78, 5) is 0. The molecule has 0 aliphatic heterocycles. The van der Waals surface area contributed by atoms with Gasteiger partial charge in [-0.15, -0.1) is 0 Å². The van der Waals surface area contributed by atoms with Crippen molar-refractivity contribution >= 4 is 7.60 Å². The second-order valence-electron chi connectivity index (χ2n) is 7.40. The van der Waals surface area contributed by atoms with Crippen LogP contribution in [0.5, 0.6) is 0 Å². The van der Waals surface area contributed by atoms with E-state index < -0.39 is 13.3 Å². The van der Waals surface area contributed by atoms with Gasteiger partial charge in [-0.25, -0.2) is 0 Å². The third-order valence-corrected chi connectivity index (χ3v) is 7.34. The van der Waals surface area contributed by atoms with Crippen molar-refractivity contribution in [1.29, 1.82) is 0 Å². The van der Waals surface area contributed by atoms with Gasteiger partial charge in [0, 0.05) is 0 Å². The lowest BCUT2D eigenvalue weighted by Crippen LogP contribution is -2.14. The fourth-order valence-electron chi connectivity index (χ4n) is 4.25. The molecule has 148 valence electrons. The molecule has 0 saturated heterocycles. The van der Waals surface area contributed by atoms with Crippen molar-refractivity contribution in [3.05, 3.63) is 68.8 Å². The van der Waals surface area contributed by atoms with E-state index in [0.717, 1.165) is 33.4 Å². The molecule has 4 heteroatoms. The molecule has 0 saturated carbocycles. The van der Waals surface area contributed by atoms with Gasteiger partial charge in [-0.1, -0.05) is 35.4 Å². The van der Waals surface area contributed by atoms with E-state index in [1.54, 1.807) is 0 Å². The number of hydrogen-bond donors (Lipinski definition) is 0. The first-order chi connectivity index (χ1) is 12.6. The van der Waals surface area contributed by atoms with Gasteiger partial charge in [-0.2, -0.15) is 0 Å². The quantitative estimate of drug-likeness (QED) is 0.484. The van der Waals surface area contributed by atoms with Gasteiger partial charge in [0.2, 0.25) is 0 Å². The molecule has 0 aliphatic rings. The van der Waals surface area contributed by atoms with E-state index in [1.165, 1.54) is 11.1 Å². The summed E-state index contributed by atoms with van der Waals surface area (Å²) in [5.41, 5.74) is 8.57. The molecule has 0 radical (unpaired) electrons. The molecule has 0 unspecified atom stereocenters. The Kier molecular flexibility index (Phi) is 7.08. The molecular formula is C23H33O3P. The first kappa shape index (κ1) is 21.9. The molecule has 0 aromatic heterocycles. The van der Waals surface area contributed by atoms with Crippen molar-refractivity contribution < 1.29 is 13.6 Å². The van der Waals surface area contributed by atoms with Crippen LogP contribution in [0, 0.1) is 41.5 Å². The van der Waals surface area contributed by atoms with Gasteiger partial charge in [0.05, 0.1) is 13.2 Å². The van der Waals surface area contributed by atoms with Crippen molar-refractivity contribution in [1.82, 2.24) is 0 Å². The van der Waals surface area contributed by atoms with Gasteiger partial charge in [0.25, 0.3) is 0 Å². The van der Waals surface area contributed by atoms with Crippen LogP contribution in [0.1, 0.15) is 64.0 Å². The van der Waals surface area contributed by atoms with Crippen LogP contribution in [-0.4, -0.2) is 13.2 Å². The molecule has 0 atom stereocenters. The highest BCUT2D eigenvalue weighted by atomic mass is 31.2. The Morgan fingerprint density at radius 2 is 1.00 bits per heavy atom. The molecule has 0 fully saturated rings. The maximum atomic E-state index is 14.0. The van der Waals surface area contributed by atoms with E-state index in [0.29, 0.717) is 13.2 Å². The van der Waals surface area contributed by atoms with Crippen LogP contribution in [0.4, 0.5) is 0 Å². The fraction of sp³-hybridized carbons (Fsp3) is 0.478. The molecule has 2 aromatic carbocycles. The SMILES string of the molecule is CCOP(=O)(OCC)C(c1c(C)cc(C)cc1C)c1c(C)cc(C)cc1C. The van der Waals surface area contributed by atoms with E-state index in [4.69, 9.17) is 9.05 Å². The molecule has 2 rings (SSSR count). The van der Waals surface area contributed by atoms with E-state index >= 15 is 0 Å². The molecule has 27 heavy (non-hydrogen) atoms. The average molecular weight is 388 g/mol. The molecule has 0 spiro atoms. The minimum Gasteiger partial charge on any atom is -0.308 e. The molecule has 0 aliphatic carbocycles. The van der Waals surface area contributed by atoms with Crippen LogP contribution >= 0.6 is 7.60 Å². The maximum absolute atomic E-state index is 14.0. The summed E-state index contributed by atoms with van der Waals surface area (Å²) in [7, 11) is -3.41. The lowest BCUT2D eigenvalue weighted by molar-refractivity contribution is 0.215. The lowest BCUT2D eigenvalue weighted by atomic mass is 9.89. The smallest absolute Gasteiger partial charge is 0.308 e. The van der Waals surface area contributed by atoms with Crippen LogP contribution in [0.3, 0.4) is 0 Å². The Morgan fingerprint density at radius 3 is 1.26 bits per heavy atom. The number of hydrogen-bond acceptors (Lipinski definition) is 3. The van der Waals surface area contributed by atoms with Gasteiger partial charge >= 0.3 is 7.60 Å². The highest BCUT2D eigenvalue weighted by molar-refractivity contribution is 7.54. The van der Waals surface area contributed by atoms with Crippen molar-refractivity contribution in [2.45, 2.75) is 61.0 Å². The number of benzene rings is 2. The summed E-state index contributed by atoms with van der Waals surface area (Å²) < 4.78 is 25.8. The van der Waals surface area contributed by atoms with Crippen molar-refractivity contribution in [2.75, 3.05) is 13.2 Å². The summed E-state index contributed by atoms with van der Waals surface area (Å²) >= 11 is 0. The van der Waals surface area contributed by atoms with Crippen LogP contribution in [0.25, 0.3) is 0 Å². The first-order valence-electron chi connectivity index (χ1n) is 9.68. The largest absolute Gasteiger partial charge is 0.342 e. The Morgan fingerprint density at radius 1 is 0.704 bits per heavy atom. The van der Waals surface area contributed by atoms with E-state index in [1.807, 2.05) is 13.8 Å². The van der Waals surface area contributed by atoms with Gasteiger partial charge in [-0.05, 0) is 88.8 Å². The van der Waals surface area contributed by atoms with Gasteiger partial charge in [-0.3, -0.25) is 4.57 Å². The van der Waals surface area contributed by atoms with Gasteiger partial charge in [0.1, 0.15) is 5.66 Å². The Hall–Kier alpha value is -1.41. The highest BCUT2D eigenvalue weighted by Gasteiger charge is 2.41. The van der Waals surface area contributed by atoms with Crippen LogP contribution in [0.2, 0.25) is 0 Å². The zero-order valence-corrected chi connectivity index (χ0v) is 18.9. The third-order valence-electron chi connectivity index (χ3n) is 4.96. The summed E-state index contributed by atoms with van der Waals surface area (Å²) in [5.74, 6) is 0. The number of aryl methyl sites for hydroxylation is 6. The molecule has 0 amide bonds. The summed E-state index contributed by atoms with van der Waals surface area (Å²) in [5, 5.41) is 0. The Balaban J connectivity index is 2.88. The summed E-state index contributed by atoms with van der Waals surface area (Å²) in [6.45, 7) is 17.0. The van der Waals surface area contributed by atoms with Crippen LogP contribution in [-0.2, 0) is 13.6 Å². The molecule has 2 aromatic rings. The first-order valence-corrected chi connectivity index (χ1v) is 11.3. The number of rotatable bonds is 7. The predicted molar refractivity (Wildman–Crippen MR) is 114 cm³/mol. The molecular weight excluding hydrogens is 355 g/mol. The fourth-order valence-corrected chi connectivity index (χ4v) is 6.79. The van der Waals surface area contributed by atoms with Crippen molar-refractivity contribution in [2.24, 2.45) is 0 Å². The molecule has 0 bridgehead atoms. The van der Waals surface area contributed by atoms with Gasteiger partial charge in [0.15, 0.2) is 0 Å². The minimum atomic E-state index is -3.41. The topological polar surface area (TPSA) is 35.5 Å². The second-order valence-corrected chi connectivity index (χ2v) is 9.52.